The SMILES string of the molecule is CC1=Cc2c(-c3cccc4ccccc34)cccc2C1SC1C(C=[Si](C)C)=Cc2c(-c3cccc4ccccc34)cccc21. The van der Waals surface area contributed by atoms with Gasteiger partial charge in [0.2, 0.25) is 0 Å². The first kappa shape index (κ1) is 27.3. The van der Waals surface area contributed by atoms with E-state index in [1.165, 1.54) is 77.2 Å². The van der Waals surface area contributed by atoms with Gasteiger partial charge in [0.15, 0.2) is 0 Å². The molecule has 0 amide bonds. The van der Waals surface area contributed by atoms with E-state index in [1.54, 1.807) is 0 Å². The highest BCUT2D eigenvalue weighted by atomic mass is 32.2. The van der Waals surface area contributed by atoms with Crippen LogP contribution < -0.4 is 0 Å². The zero-order valence-electron chi connectivity index (χ0n) is 25.3. The van der Waals surface area contributed by atoms with Crippen molar-refractivity contribution in [1.82, 2.24) is 0 Å². The van der Waals surface area contributed by atoms with Gasteiger partial charge in [0, 0.05) is 8.41 Å². The van der Waals surface area contributed by atoms with E-state index in [1.807, 2.05) is 0 Å². The summed E-state index contributed by atoms with van der Waals surface area (Å²) in [5, 5.41) is 5.84. The van der Waals surface area contributed by atoms with Gasteiger partial charge in [0.1, 0.15) is 0 Å². The van der Waals surface area contributed by atoms with Crippen molar-refractivity contribution in [3.05, 3.63) is 155 Å². The largest absolute Gasteiger partial charge is 0.136 e. The van der Waals surface area contributed by atoms with Crippen LogP contribution in [0.2, 0.25) is 13.1 Å². The van der Waals surface area contributed by atoms with E-state index in [9.17, 15) is 0 Å². The monoisotopic (exact) mass is 598 g/mol. The summed E-state index contributed by atoms with van der Waals surface area (Å²) in [6.45, 7) is 7.12. The number of fused-ring (bicyclic) bond motifs is 4. The first-order valence-corrected chi connectivity index (χ1v) is 19.0. The molecule has 2 atom stereocenters. The summed E-state index contributed by atoms with van der Waals surface area (Å²) in [4.78, 5) is 0. The fourth-order valence-corrected chi connectivity index (χ4v) is 9.82. The average Bonchev–Trinajstić information content (AvgIpc) is 3.56. The van der Waals surface area contributed by atoms with Crippen LogP contribution in [0.5, 0.6) is 0 Å². The molecule has 2 aliphatic rings. The topological polar surface area (TPSA) is 0 Å². The fourth-order valence-electron chi connectivity index (χ4n) is 7.23. The zero-order chi connectivity index (χ0) is 29.8. The van der Waals surface area contributed by atoms with Crippen molar-refractivity contribution in [3.8, 4) is 22.3 Å². The van der Waals surface area contributed by atoms with Crippen molar-refractivity contribution in [3.63, 3.8) is 0 Å². The summed E-state index contributed by atoms with van der Waals surface area (Å²) in [5.41, 5.74) is 16.5. The van der Waals surface area contributed by atoms with E-state index in [2.05, 4.69) is 171 Å². The minimum Gasteiger partial charge on any atom is -0.136 e. The molecule has 0 saturated carbocycles. The van der Waals surface area contributed by atoms with Gasteiger partial charge in [-0.05, 0) is 84.6 Å². The zero-order valence-corrected chi connectivity index (χ0v) is 27.2. The Labute approximate surface area is 266 Å². The fraction of sp³-hybridized carbons (Fsp3) is 0.119. The maximum absolute atomic E-state index is 2.58. The van der Waals surface area contributed by atoms with Crippen LogP contribution in [0.1, 0.15) is 39.7 Å². The lowest BCUT2D eigenvalue weighted by Crippen LogP contribution is -2.04. The predicted molar refractivity (Wildman–Crippen MR) is 197 cm³/mol. The molecule has 0 aliphatic heterocycles. The van der Waals surface area contributed by atoms with E-state index in [0.29, 0.717) is 10.5 Å². The number of hydrogen-bond donors (Lipinski definition) is 0. The van der Waals surface area contributed by atoms with Crippen molar-refractivity contribution in [2.24, 2.45) is 0 Å². The minimum atomic E-state index is -0.568. The summed E-state index contributed by atoms with van der Waals surface area (Å²) < 4.78 is 0. The maximum atomic E-state index is 2.58. The molecule has 212 valence electrons. The van der Waals surface area contributed by atoms with Gasteiger partial charge in [-0.2, -0.15) is 0 Å². The molecule has 0 spiro atoms. The molecule has 2 aliphatic carbocycles. The highest BCUT2D eigenvalue weighted by molar-refractivity contribution is 8.00. The van der Waals surface area contributed by atoms with Crippen molar-refractivity contribution in [2.45, 2.75) is 30.5 Å². The number of hydrogen-bond acceptors (Lipinski definition) is 1. The minimum absolute atomic E-state index is 0.306. The Bertz CT molecular complexity index is 2180. The lowest BCUT2D eigenvalue weighted by Gasteiger charge is -2.23. The quantitative estimate of drug-likeness (QED) is 0.178. The van der Waals surface area contributed by atoms with Gasteiger partial charge < -0.3 is 0 Å². The summed E-state index contributed by atoms with van der Waals surface area (Å²) in [6.07, 6.45) is 4.96. The molecule has 0 N–H and O–H groups in total. The Morgan fingerprint density at radius 3 is 1.59 bits per heavy atom. The Morgan fingerprint density at radius 1 is 0.523 bits per heavy atom. The summed E-state index contributed by atoms with van der Waals surface area (Å²) in [7, 11) is -0.568. The predicted octanol–water partition coefficient (Wildman–Crippen LogP) is 11.8. The molecule has 2 unspecified atom stereocenters. The van der Waals surface area contributed by atoms with E-state index in [-0.39, 0.29) is 0 Å². The van der Waals surface area contributed by atoms with Gasteiger partial charge in [-0.3, -0.25) is 0 Å². The first-order valence-electron chi connectivity index (χ1n) is 15.5. The van der Waals surface area contributed by atoms with Crippen LogP contribution in [-0.2, 0) is 0 Å². The molecular weight excluding hydrogens is 565 g/mol. The number of rotatable bonds is 5. The molecule has 2 heteroatoms. The standard InChI is InChI=1S/C42H34SSi/c1-27-24-39-35(33-18-8-14-28-12-4-6-16-31(28)33)20-10-22-37(39)41(27)43-42-30(26-44(2)3)25-40-36(21-11-23-38(40)42)34-19-9-15-29-13-5-7-17-32(29)34/h4-26,41-42H,1-3H3. The molecule has 6 aromatic rings. The molecule has 44 heavy (non-hydrogen) atoms. The average molecular weight is 599 g/mol. The van der Waals surface area contributed by atoms with Gasteiger partial charge in [-0.15, -0.1) is 11.8 Å². The third-order valence-corrected chi connectivity index (χ3v) is 11.7. The molecule has 0 saturated heterocycles. The van der Waals surface area contributed by atoms with E-state index in [0.717, 1.165) is 0 Å². The summed E-state index contributed by atoms with van der Waals surface area (Å²) >= 11 is 2.12. The summed E-state index contributed by atoms with van der Waals surface area (Å²) in [6, 6.07) is 44.8. The van der Waals surface area contributed by atoms with Gasteiger partial charge in [0.25, 0.3) is 0 Å². The molecular formula is C42H34SSi. The third-order valence-electron chi connectivity index (χ3n) is 9.13. The molecule has 0 heterocycles. The van der Waals surface area contributed by atoms with Crippen LogP contribution in [0.25, 0.3) is 56.0 Å². The Morgan fingerprint density at radius 2 is 1.00 bits per heavy atom. The van der Waals surface area contributed by atoms with Crippen LogP contribution in [0.15, 0.2) is 132 Å². The van der Waals surface area contributed by atoms with Crippen molar-refractivity contribution in [1.29, 1.82) is 0 Å². The molecule has 6 aromatic carbocycles. The van der Waals surface area contributed by atoms with Gasteiger partial charge in [0.05, 0.1) is 10.5 Å². The van der Waals surface area contributed by atoms with Crippen LogP contribution in [0.3, 0.4) is 0 Å². The lowest BCUT2D eigenvalue weighted by molar-refractivity contribution is 1.12. The highest BCUT2D eigenvalue weighted by Crippen LogP contribution is 2.56. The molecule has 8 rings (SSSR count). The van der Waals surface area contributed by atoms with Crippen LogP contribution in [-0.4, -0.2) is 14.1 Å². The van der Waals surface area contributed by atoms with Crippen molar-refractivity contribution in [2.75, 3.05) is 0 Å². The van der Waals surface area contributed by atoms with E-state index >= 15 is 0 Å². The van der Waals surface area contributed by atoms with Gasteiger partial charge >= 0.3 is 0 Å². The number of benzene rings is 6. The van der Waals surface area contributed by atoms with Crippen LogP contribution in [0.4, 0.5) is 0 Å². The second-order valence-corrected chi connectivity index (χ2v) is 16.0. The lowest BCUT2D eigenvalue weighted by atomic mass is 9.93. The Kier molecular flexibility index (Phi) is 6.85. The molecule has 0 nitrogen and oxygen atoms in total. The third kappa shape index (κ3) is 4.56. The maximum Gasteiger partial charge on any atom is 0.0558 e. The smallest absolute Gasteiger partial charge is 0.0558 e. The summed E-state index contributed by atoms with van der Waals surface area (Å²) in [5.74, 6) is 0. The Balaban J connectivity index is 1.23. The molecule has 0 aromatic heterocycles. The van der Waals surface area contributed by atoms with Gasteiger partial charge in [-0.1, -0.05) is 152 Å². The van der Waals surface area contributed by atoms with E-state index < -0.39 is 8.41 Å². The highest BCUT2D eigenvalue weighted by Gasteiger charge is 2.33. The van der Waals surface area contributed by atoms with E-state index in [4.69, 9.17) is 0 Å². The second-order valence-electron chi connectivity index (χ2n) is 12.3. The van der Waals surface area contributed by atoms with Crippen LogP contribution in [0, 0.1) is 0 Å². The molecule has 0 radical (unpaired) electrons. The molecule has 0 bridgehead atoms. The first-order chi connectivity index (χ1) is 21.6. The normalized spacial score (nSPS) is 16.9. The second kappa shape index (κ2) is 11.0. The Hall–Kier alpha value is -4.24. The number of thioether (sulfide) groups is 1. The van der Waals surface area contributed by atoms with Crippen LogP contribution >= 0.6 is 11.8 Å². The van der Waals surface area contributed by atoms with Crippen molar-refractivity contribution < 1.29 is 0 Å². The van der Waals surface area contributed by atoms with Gasteiger partial charge in [-0.25, -0.2) is 0 Å². The van der Waals surface area contributed by atoms with Crippen molar-refractivity contribution >= 4 is 59.5 Å². The molecule has 0 fully saturated rings.